The summed E-state index contributed by atoms with van der Waals surface area (Å²) in [4.78, 5) is 14.6. The topological polar surface area (TPSA) is 59.7 Å². The van der Waals surface area contributed by atoms with E-state index in [1.54, 1.807) is 7.11 Å². The van der Waals surface area contributed by atoms with Crippen molar-refractivity contribution < 1.29 is 9.53 Å². The number of pyridine rings is 1. The number of hydrogen-bond donors (Lipinski definition) is 0. The molecular formula is C20H24N4O2S. The van der Waals surface area contributed by atoms with Crippen molar-refractivity contribution >= 4 is 34.2 Å². The van der Waals surface area contributed by atoms with E-state index in [2.05, 4.69) is 23.2 Å². The molecule has 3 heterocycles. The molecule has 7 heteroatoms. The summed E-state index contributed by atoms with van der Waals surface area (Å²) in [6.45, 7) is 5.97. The highest BCUT2D eigenvalue weighted by molar-refractivity contribution is 7.99. The highest BCUT2D eigenvalue weighted by Gasteiger charge is 2.22. The minimum absolute atomic E-state index is 0.182. The molecule has 0 aliphatic carbocycles. The molecule has 1 fully saturated rings. The van der Waals surface area contributed by atoms with Crippen LogP contribution >= 0.6 is 11.8 Å². The lowest BCUT2D eigenvalue weighted by Crippen LogP contribution is -2.40. The Morgan fingerprint density at radius 1 is 1.33 bits per heavy atom. The molecular weight excluding hydrogens is 360 g/mol. The molecule has 1 aliphatic rings. The number of thioether (sulfide) groups is 1. The molecule has 3 aromatic rings. The number of aromatic nitrogens is 3. The number of methoxy groups -OCH3 is 1. The number of carbonyl (C=O) groups excluding carboxylic acids is 1. The second-order valence-corrected chi connectivity index (χ2v) is 8.21. The Kier molecular flexibility index (Phi) is 4.95. The van der Waals surface area contributed by atoms with Crippen molar-refractivity contribution in [1.82, 2.24) is 19.5 Å². The van der Waals surface area contributed by atoms with Crippen LogP contribution in [-0.2, 0) is 4.79 Å². The number of ether oxygens (including phenoxy) is 1. The van der Waals surface area contributed by atoms with Gasteiger partial charge in [-0.25, -0.2) is 0 Å². The summed E-state index contributed by atoms with van der Waals surface area (Å²) in [5.41, 5.74) is 2.89. The van der Waals surface area contributed by atoms with Crippen LogP contribution in [-0.4, -0.2) is 51.4 Å². The van der Waals surface area contributed by atoms with Crippen molar-refractivity contribution in [1.29, 1.82) is 0 Å². The molecule has 1 aromatic carbocycles. The summed E-state index contributed by atoms with van der Waals surface area (Å²) in [6, 6.07) is 8.06. The quantitative estimate of drug-likeness (QED) is 0.644. The first kappa shape index (κ1) is 18.1. The van der Waals surface area contributed by atoms with Crippen LogP contribution in [0.25, 0.3) is 16.6 Å². The first-order valence-corrected chi connectivity index (χ1v) is 10.3. The Balaban J connectivity index is 1.63. The molecule has 1 aliphatic heterocycles. The van der Waals surface area contributed by atoms with E-state index >= 15 is 0 Å². The van der Waals surface area contributed by atoms with Crippen LogP contribution in [0.4, 0.5) is 0 Å². The van der Waals surface area contributed by atoms with Crippen LogP contribution in [0.3, 0.4) is 0 Å². The van der Waals surface area contributed by atoms with E-state index in [1.807, 2.05) is 34.4 Å². The van der Waals surface area contributed by atoms with E-state index in [-0.39, 0.29) is 5.91 Å². The zero-order valence-corrected chi connectivity index (χ0v) is 16.8. The molecule has 1 saturated heterocycles. The van der Waals surface area contributed by atoms with Crippen LogP contribution < -0.4 is 4.74 Å². The molecule has 6 nitrogen and oxygen atoms in total. The van der Waals surface area contributed by atoms with Gasteiger partial charge in [-0.15, -0.1) is 10.2 Å². The van der Waals surface area contributed by atoms with Crippen molar-refractivity contribution in [2.45, 2.75) is 31.8 Å². The average molecular weight is 385 g/mol. The fourth-order valence-electron chi connectivity index (χ4n) is 3.75. The molecule has 27 heavy (non-hydrogen) atoms. The summed E-state index contributed by atoms with van der Waals surface area (Å²) in [5.74, 6) is 1.97. The predicted molar refractivity (Wildman–Crippen MR) is 107 cm³/mol. The van der Waals surface area contributed by atoms with E-state index < -0.39 is 0 Å². The van der Waals surface area contributed by atoms with E-state index in [9.17, 15) is 4.79 Å². The Morgan fingerprint density at radius 3 is 2.96 bits per heavy atom. The number of rotatable bonds is 4. The number of hydrogen-bond acceptors (Lipinski definition) is 5. The number of nitrogens with zero attached hydrogens (tertiary/aromatic N) is 4. The highest BCUT2D eigenvalue weighted by Crippen LogP contribution is 2.28. The molecule has 0 saturated carbocycles. The number of carbonyl (C=O) groups is 1. The van der Waals surface area contributed by atoms with E-state index in [0.717, 1.165) is 52.5 Å². The number of fused-ring (bicyclic) bond motifs is 3. The molecule has 0 bridgehead atoms. The van der Waals surface area contributed by atoms with Gasteiger partial charge in [-0.2, -0.15) is 0 Å². The van der Waals surface area contributed by atoms with Crippen LogP contribution in [0.5, 0.6) is 5.75 Å². The van der Waals surface area contributed by atoms with E-state index in [1.165, 1.54) is 18.2 Å². The first-order valence-electron chi connectivity index (χ1n) is 9.30. The third-order valence-electron chi connectivity index (χ3n) is 5.17. The zero-order chi connectivity index (χ0) is 19.0. The van der Waals surface area contributed by atoms with Gasteiger partial charge in [0.05, 0.1) is 18.4 Å². The maximum absolute atomic E-state index is 12.6. The third-order valence-corrected chi connectivity index (χ3v) is 6.08. The van der Waals surface area contributed by atoms with Crippen LogP contribution in [0.15, 0.2) is 29.4 Å². The van der Waals surface area contributed by atoms with Crippen LogP contribution in [0.2, 0.25) is 0 Å². The fraction of sp³-hybridized carbons (Fsp3) is 0.450. The van der Waals surface area contributed by atoms with Gasteiger partial charge in [0.25, 0.3) is 0 Å². The smallest absolute Gasteiger partial charge is 0.233 e. The summed E-state index contributed by atoms with van der Waals surface area (Å²) in [5, 5.41) is 10.5. The van der Waals surface area contributed by atoms with Crippen molar-refractivity contribution in [3.63, 3.8) is 0 Å². The summed E-state index contributed by atoms with van der Waals surface area (Å²) >= 11 is 1.46. The molecule has 0 radical (unpaired) electrons. The lowest BCUT2D eigenvalue weighted by molar-refractivity contribution is -0.130. The van der Waals surface area contributed by atoms with E-state index in [4.69, 9.17) is 4.74 Å². The minimum atomic E-state index is 0.182. The number of amides is 1. The van der Waals surface area contributed by atoms with Gasteiger partial charge in [-0.3, -0.25) is 9.20 Å². The third kappa shape index (κ3) is 3.48. The Labute approximate surface area is 162 Å². The molecule has 4 rings (SSSR count). The summed E-state index contributed by atoms with van der Waals surface area (Å²) in [6.07, 6.45) is 2.30. The van der Waals surface area contributed by atoms with Gasteiger partial charge >= 0.3 is 0 Å². The van der Waals surface area contributed by atoms with Gasteiger partial charge in [0, 0.05) is 18.5 Å². The second kappa shape index (κ2) is 7.38. The Hall–Kier alpha value is -2.28. The number of aryl methyl sites for hydroxylation is 1. The molecule has 0 spiro atoms. The number of piperidine rings is 1. The maximum atomic E-state index is 12.6. The SMILES string of the molecule is COc1ccc2c(c1)cc(C)c1nnc(SCC(=O)N3CCC[C@H](C)C3)n12. The van der Waals surface area contributed by atoms with Crippen LogP contribution in [0, 0.1) is 12.8 Å². The van der Waals surface area contributed by atoms with Crippen LogP contribution in [0.1, 0.15) is 25.3 Å². The Bertz CT molecular complexity index is 1000. The van der Waals surface area contributed by atoms with Gasteiger partial charge in [0.15, 0.2) is 10.8 Å². The molecule has 1 atom stereocenters. The normalized spacial score (nSPS) is 17.6. The number of likely N-dealkylation sites (tertiary alicyclic amines) is 1. The molecule has 142 valence electrons. The van der Waals surface area contributed by atoms with Gasteiger partial charge in [-0.05, 0) is 55.5 Å². The van der Waals surface area contributed by atoms with Crippen molar-refractivity contribution in [2.24, 2.45) is 5.92 Å². The molecule has 0 unspecified atom stereocenters. The molecule has 2 aromatic heterocycles. The summed E-state index contributed by atoms with van der Waals surface area (Å²) < 4.78 is 7.39. The monoisotopic (exact) mass is 384 g/mol. The standard InChI is InChI=1S/C20H24N4O2S/c1-13-5-4-8-23(11-13)18(25)12-27-20-22-21-19-14(2)9-15-10-16(26-3)6-7-17(15)24(19)20/h6-7,9-10,13H,4-5,8,11-12H2,1-3H3/t13-/m0/s1. The predicted octanol–water partition coefficient (Wildman–Crippen LogP) is 3.55. The lowest BCUT2D eigenvalue weighted by atomic mass is 10.0. The average Bonchev–Trinajstić information content (AvgIpc) is 3.10. The van der Waals surface area contributed by atoms with Crippen molar-refractivity contribution in [3.8, 4) is 5.75 Å². The van der Waals surface area contributed by atoms with Gasteiger partial charge < -0.3 is 9.64 Å². The first-order chi connectivity index (χ1) is 13.1. The lowest BCUT2D eigenvalue weighted by Gasteiger charge is -2.30. The fourth-order valence-corrected chi connectivity index (χ4v) is 4.59. The van der Waals surface area contributed by atoms with E-state index in [0.29, 0.717) is 11.7 Å². The summed E-state index contributed by atoms with van der Waals surface area (Å²) in [7, 11) is 1.67. The largest absolute Gasteiger partial charge is 0.497 e. The number of benzene rings is 1. The zero-order valence-electron chi connectivity index (χ0n) is 15.9. The molecule has 0 N–H and O–H groups in total. The van der Waals surface area contributed by atoms with Crippen molar-refractivity contribution in [3.05, 3.63) is 29.8 Å². The van der Waals surface area contributed by atoms with Crippen molar-refractivity contribution in [2.75, 3.05) is 26.0 Å². The minimum Gasteiger partial charge on any atom is -0.497 e. The van der Waals surface area contributed by atoms with Gasteiger partial charge in [-0.1, -0.05) is 18.7 Å². The highest BCUT2D eigenvalue weighted by atomic mass is 32.2. The maximum Gasteiger partial charge on any atom is 0.233 e. The van der Waals surface area contributed by atoms with Gasteiger partial charge in [0.1, 0.15) is 5.75 Å². The molecule has 1 amide bonds. The second-order valence-electron chi connectivity index (χ2n) is 7.27. The Morgan fingerprint density at radius 2 is 2.19 bits per heavy atom. The van der Waals surface area contributed by atoms with Gasteiger partial charge in [0.2, 0.25) is 5.91 Å².